The molecule has 0 unspecified atom stereocenters. The Hall–Kier alpha value is -2.89. The molecule has 0 aliphatic heterocycles. The molecule has 0 bridgehead atoms. The number of H-pyrrole nitrogens is 1. The fourth-order valence-electron chi connectivity index (χ4n) is 6.22. The van der Waals surface area contributed by atoms with Crippen LogP contribution in [0.4, 0.5) is 0 Å². The number of aliphatic hydroxyl groups excluding tert-OH is 2. The maximum Gasteiger partial charge on any atom is 0.247 e. The number of aromatic nitrogens is 1. The molecule has 4 N–H and O–H groups in total. The van der Waals surface area contributed by atoms with E-state index in [1.165, 1.54) is 12.8 Å². The molecule has 2 aromatic carbocycles. The van der Waals surface area contributed by atoms with E-state index in [1.54, 1.807) is 11.0 Å². The summed E-state index contributed by atoms with van der Waals surface area (Å²) in [6, 6.07) is 17.1. The SMILES string of the molecule is O=C(NCCO)C1=C[C@H](Oc2ccccc2I)[C@@H](O)[C@H](N(CCc2cc3ccccc3[nH]2)C(=O)CCC2CCCC2)C1. The van der Waals surface area contributed by atoms with Crippen LogP contribution >= 0.6 is 22.6 Å². The standard InChI is InChI=1S/C33H40IN3O5/c34-26-10-4-6-12-29(26)42-30-21-24(33(41)35-16-18-38)20-28(32(30)40)37(31(39)14-13-22-7-1-2-8-22)17-15-25-19-23-9-3-5-11-27(23)36-25/h3-6,9-12,19,21-22,28,30,32,36,38,40H,1-2,7-8,13-18,20H2,(H,35,41)/t28-,30+,32+/m1/s1. The summed E-state index contributed by atoms with van der Waals surface area (Å²) in [6.07, 6.45) is 6.62. The fraction of sp³-hybridized carbons (Fsp3) is 0.455. The normalized spacial score (nSPS) is 20.8. The number of hydrogen-bond donors (Lipinski definition) is 4. The van der Waals surface area contributed by atoms with Gasteiger partial charge in [0.2, 0.25) is 11.8 Å². The molecule has 5 rings (SSSR count). The molecule has 3 atom stereocenters. The number of benzene rings is 2. The molecular formula is C33H40IN3O5. The van der Waals surface area contributed by atoms with Gasteiger partial charge in [-0.05, 0) is 70.7 Å². The Morgan fingerprint density at radius 1 is 1.10 bits per heavy atom. The highest BCUT2D eigenvalue weighted by Crippen LogP contribution is 2.32. The molecule has 224 valence electrons. The van der Waals surface area contributed by atoms with Gasteiger partial charge in [-0.2, -0.15) is 0 Å². The predicted molar refractivity (Wildman–Crippen MR) is 171 cm³/mol. The van der Waals surface area contributed by atoms with Crippen molar-refractivity contribution in [3.63, 3.8) is 0 Å². The number of carbonyl (C=O) groups is 2. The largest absolute Gasteiger partial charge is 0.482 e. The molecule has 1 fully saturated rings. The van der Waals surface area contributed by atoms with E-state index in [1.807, 2.05) is 42.5 Å². The molecule has 3 aromatic rings. The van der Waals surface area contributed by atoms with E-state index in [9.17, 15) is 19.8 Å². The van der Waals surface area contributed by atoms with Crippen LogP contribution in [0.3, 0.4) is 0 Å². The molecule has 2 amide bonds. The van der Waals surface area contributed by atoms with Crippen molar-refractivity contribution in [2.75, 3.05) is 19.7 Å². The first kappa shape index (κ1) is 30.6. The van der Waals surface area contributed by atoms with Gasteiger partial charge in [-0.15, -0.1) is 0 Å². The van der Waals surface area contributed by atoms with Crippen LogP contribution < -0.4 is 10.1 Å². The number of rotatable bonds is 12. The van der Waals surface area contributed by atoms with Gasteiger partial charge in [-0.1, -0.05) is 56.0 Å². The van der Waals surface area contributed by atoms with Crippen LogP contribution in [0.25, 0.3) is 10.9 Å². The highest BCUT2D eigenvalue weighted by Gasteiger charge is 2.40. The summed E-state index contributed by atoms with van der Waals surface area (Å²) in [5.41, 5.74) is 2.49. The summed E-state index contributed by atoms with van der Waals surface area (Å²) in [5, 5.41) is 24.8. The van der Waals surface area contributed by atoms with Gasteiger partial charge >= 0.3 is 0 Å². The monoisotopic (exact) mass is 685 g/mol. The average molecular weight is 686 g/mol. The van der Waals surface area contributed by atoms with Gasteiger partial charge in [0.05, 0.1) is 16.2 Å². The first-order chi connectivity index (χ1) is 20.4. The summed E-state index contributed by atoms with van der Waals surface area (Å²) in [5.74, 6) is 0.835. The molecule has 1 heterocycles. The lowest BCUT2D eigenvalue weighted by molar-refractivity contribution is -0.138. The summed E-state index contributed by atoms with van der Waals surface area (Å²) in [6.45, 7) is 0.346. The van der Waals surface area contributed by atoms with Crippen LogP contribution in [0.2, 0.25) is 0 Å². The van der Waals surface area contributed by atoms with E-state index in [-0.39, 0.29) is 31.4 Å². The molecule has 0 saturated heterocycles. The Kier molecular flexibility index (Phi) is 10.6. The van der Waals surface area contributed by atoms with Crippen molar-refractivity contribution in [1.82, 2.24) is 15.2 Å². The number of para-hydroxylation sites is 2. The third-order valence-corrected chi connectivity index (χ3v) is 9.37. The lowest BCUT2D eigenvalue weighted by Gasteiger charge is -2.40. The van der Waals surface area contributed by atoms with Crippen LogP contribution in [0.5, 0.6) is 5.75 Å². The van der Waals surface area contributed by atoms with Gasteiger partial charge < -0.3 is 30.2 Å². The van der Waals surface area contributed by atoms with Gasteiger partial charge in [0, 0.05) is 49.1 Å². The number of hydrogen-bond acceptors (Lipinski definition) is 5. The lowest BCUT2D eigenvalue weighted by atomic mass is 9.87. The van der Waals surface area contributed by atoms with Crippen LogP contribution in [0.15, 0.2) is 66.2 Å². The number of carbonyl (C=O) groups excluding carboxylic acids is 2. The summed E-state index contributed by atoms with van der Waals surface area (Å²) in [4.78, 5) is 32.3. The molecule has 1 saturated carbocycles. The van der Waals surface area contributed by atoms with Gasteiger partial charge in [0.25, 0.3) is 0 Å². The molecule has 2 aliphatic rings. The highest BCUT2D eigenvalue weighted by atomic mass is 127. The highest BCUT2D eigenvalue weighted by molar-refractivity contribution is 14.1. The number of halogens is 1. The van der Waals surface area contributed by atoms with Crippen molar-refractivity contribution in [3.8, 4) is 5.75 Å². The van der Waals surface area contributed by atoms with E-state index in [4.69, 9.17) is 4.74 Å². The van der Waals surface area contributed by atoms with Crippen molar-refractivity contribution in [2.45, 2.75) is 69.6 Å². The van der Waals surface area contributed by atoms with Crippen LogP contribution in [-0.4, -0.2) is 69.9 Å². The third kappa shape index (κ3) is 7.54. The Balaban J connectivity index is 1.41. The van der Waals surface area contributed by atoms with E-state index >= 15 is 0 Å². The minimum Gasteiger partial charge on any atom is -0.482 e. The zero-order valence-electron chi connectivity index (χ0n) is 23.8. The first-order valence-corrected chi connectivity index (χ1v) is 16.1. The summed E-state index contributed by atoms with van der Waals surface area (Å²) >= 11 is 2.18. The fourth-order valence-corrected chi connectivity index (χ4v) is 6.74. The van der Waals surface area contributed by atoms with Crippen molar-refractivity contribution in [2.24, 2.45) is 5.92 Å². The van der Waals surface area contributed by atoms with Gasteiger partial charge in [0.1, 0.15) is 18.0 Å². The average Bonchev–Trinajstić information content (AvgIpc) is 3.67. The van der Waals surface area contributed by atoms with E-state index in [0.717, 1.165) is 39.4 Å². The van der Waals surface area contributed by atoms with Gasteiger partial charge in [0.15, 0.2) is 0 Å². The molecule has 1 aromatic heterocycles. The molecule has 0 spiro atoms. The molecule has 2 aliphatic carbocycles. The number of nitrogens with one attached hydrogen (secondary N) is 2. The van der Waals surface area contributed by atoms with Gasteiger partial charge in [-0.3, -0.25) is 9.59 Å². The molecule has 0 radical (unpaired) electrons. The third-order valence-electron chi connectivity index (χ3n) is 8.48. The van der Waals surface area contributed by atoms with Crippen molar-refractivity contribution < 1.29 is 24.5 Å². The van der Waals surface area contributed by atoms with Crippen LogP contribution in [-0.2, 0) is 16.0 Å². The first-order valence-electron chi connectivity index (χ1n) is 15.0. The smallest absolute Gasteiger partial charge is 0.247 e. The Bertz CT molecular complexity index is 1370. The maximum atomic E-state index is 13.9. The molecule has 8 nitrogen and oxygen atoms in total. The van der Waals surface area contributed by atoms with E-state index < -0.39 is 18.2 Å². The summed E-state index contributed by atoms with van der Waals surface area (Å²) in [7, 11) is 0. The second-order valence-electron chi connectivity index (χ2n) is 11.4. The predicted octanol–water partition coefficient (Wildman–Crippen LogP) is 4.73. The zero-order valence-corrected chi connectivity index (χ0v) is 26.0. The van der Waals surface area contributed by atoms with Crippen LogP contribution in [0, 0.1) is 9.49 Å². The topological polar surface area (TPSA) is 115 Å². The zero-order chi connectivity index (χ0) is 29.5. The Morgan fingerprint density at radius 2 is 1.86 bits per heavy atom. The second kappa shape index (κ2) is 14.5. The van der Waals surface area contributed by atoms with E-state index in [0.29, 0.717) is 36.6 Å². The number of nitrogens with zero attached hydrogens (tertiary/aromatic N) is 1. The number of ether oxygens (including phenoxy) is 1. The van der Waals surface area contributed by atoms with Gasteiger partial charge in [-0.25, -0.2) is 0 Å². The van der Waals surface area contributed by atoms with Crippen molar-refractivity contribution in [3.05, 3.63) is 75.5 Å². The Morgan fingerprint density at radius 3 is 2.62 bits per heavy atom. The number of aromatic amines is 1. The van der Waals surface area contributed by atoms with Crippen molar-refractivity contribution in [1.29, 1.82) is 0 Å². The van der Waals surface area contributed by atoms with Crippen molar-refractivity contribution >= 4 is 45.3 Å². The second-order valence-corrected chi connectivity index (χ2v) is 12.5. The van der Waals surface area contributed by atoms with Crippen LogP contribution in [0.1, 0.15) is 50.6 Å². The minimum atomic E-state index is -1.03. The quantitative estimate of drug-likeness (QED) is 0.206. The number of amides is 2. The number of fused-ring (bicyclic) bond motifs is 1. The number of aliphatic hydroxyl groups is 2. The van der Waals surface area contributed by atoms with E-state index in [2.05, 4.69) is 45.0 Å². The Labute approximate surface area is 260 Å². The maximum absolute atomic E-state index is 13.9. The summed E-state index contributed by atoms with van der Waals surface area (Å²) < 4.78 is 7.16. The lowest BCUT2D eigenvalue weighted by Crippen LogP contribution is -2.55. The minimum absolute atomic E-state index is 0.00730. The molecule has 42 heavy (non-hydrogen) atoms. The molecular weight excluding hydrogens is 645 g/mol. The molecule has 9 heteroatoms.